The van der Waals surface area contributed by atoms with E-state index in [1.54, 1.807) is 12.1 Å². The molecule has 2 saturated heterocycles. The molecule has 5 nitrogen and oxygen atoms in total. The largest absolute Gasteiger partial charge is 0.378 e. The minimum atomic E-state index is -0.290. The second-order valence-corrected chi connectivity index (χ2v) is 5.62. The molecule has 3 rings (SSSR count). The quantitative estimate of drug-likeness (QED) is 0.629. The Bertz CT molecular complexity index is 478. The van der Waals surface area contributed by atoms with Gasteiger partial charge in [-0.1, -0.05) is 12.1 Å². The number of ether oxygens (including phenoxy) is 1. The topological polar surface area (TPSA) is 55.6 Å². The van der Waals surface area contributed by atoms with Gasteiger partial charge in [-0.3, -0.25) is 10.1 Å². The van der Waals surface area contributed by atoms with Gasteiger partial charge in [0.05, 0.1) is 11.0 Å². The van der Waals surface area contributed by atoms with Crippen molar-refractivity contribution in [3.63, 3.8) is 0 Å². The second-order valence-electron chi connectivity index (χ2n) is 5.62. The Balaban J connectivity index is 1.67. The molecular weight excluding hydrogens is 256 g/mol. The third kappa shape index (κ3) is 2.63. The lowest BCUT2D eigenvalue weighted by Crippen LogP contribution is -2.37. The van der Waals surface area contributed by atoms with Crippen LogP contribution in [0.1, 0.15) is 25.7 Å². The maximum absolute atomic E-state index is 11.1. The van der Waals surface area contributed by atoms with Crippen LogP contribution in [0.15, 0.2) is 24.3 Å². The molecule has 1 aromatic carbocycles. The highest BCUT2D eigenvalue weighted by molar-refractivity contribution is 5.63. The Morgan fingerprint density at radius 1 is 1.20 bits per heavy atom. The summed E-state index contributed by atoms with van der Waals surface area (Å²) in [6.07, 6.45) is 4.90. The van der Waals surface area contributed by atoms with Crippen LogP contribution in [0.4, 0.5) is 11.4 Å². The van der Waals surface area contributed by atoms with Gasteiger partial charge in [0.1, 0.15) is 5.69 Å². The zero-order valence-corrected chi connectivity index (χ0v) is 11.5. The van der Waals surface area contributed by atoms with Crippen LogP contribution in [0.25, 0.3) is 0 Å². The molecule has 0 spiro atoms. The molecule has 2 aliphatic rings. The van der Waals surface area contributed by atoms with Gasteiger partial charge in [-0.2, -0.15) is 0 Å². The number of benzene rings is 1. The monoisotopic (exact) mass is 276 g/mol. The number of hydrogen-bond acceptors (Lipinski definition) is 4. The summed E-state index contributed by atoms with van der Waals surface area (Å²) in [7, 11) is 0. The van der Waals surface area contributed by atoms with Crippen molar-refractivity contribution in [1.29, 1.82) is 0 Å². The van der Waals surface area contributed by atoms with Gasteiger partial charge in [0.2, 0.25) is 0 Å². The van der Waals surface area contributed by atoms with Gasteiger partial charge in [0.25, 0.3) is 5.69 Å². The molecule has 2 fully saturated rings. The normalized spacial score (nSPS) is 24.0. The highest BCUT2D eigenvalue weighted by Gasteiger charge is 2.31. The number of nitrogens with zero attached hydrogens (tertiary/aromatic N) is 2. The summed E-state index contributed by atoms with van der Waals surface area (Å²) in [6, 6.07) is 7.03. The number of nitro benzene ring substituents is 1. The molecule has 0 radical (unpaired) electrons. The summed E-state index contributed by atoms with van der Waals surface area (Å²) < 4.78 is 5.77. The fraction of sp³-hybridized carbons (Fsp3) is 0.600. The number of anilines is 1. The van der Waals surface area contributed by atoms with E-state index in [-0.39, 0.29) is 10.6 Å². The van der Waals surface area contributed by atoms with Crippen molar-refractivity contribution < 1.29 is 9.66 Å². The standard InChI is InChI=1S/C15H20N2O3/c18-17(19)14-5-2-1-4-13(14)16-9-7-12(8-10-16)15-6-3-11-20-15/h1-2,4-5,12,15H,3,6-11H2. The third-order valence-corrected chi connectivity index (χ3v) is 4.45. The lowest BCUT2D eigenvalue weighted by molar-refractivity contribution is -0.384. The lowest BCUT2D eigenvalue weighted by atomic mass is 9.89. The molecule has 0 aromatic heterocycles. The highest BCUT2D eigenvalue weighted by atomic mass is 16.6. The van der Waals surface area contributed by atoms with E-state index in [9.17, 15) is 10.1 Å². The first kappa shape index (κ1) is 13.4. The van der Waals surface area contributed by atoms with Gasteiger partial charge in [-0.05, 0) is 37.7 Å². The summed E-state index contributed by atoms with van der Waals surface area (Å²) in [5, 5.41) is 11.1. The predicted octanol–water partition coefficient (Wildman–Crippen LogP) is 2.99. The molecule has 108 valence electrons. The molecular formula is C15H20N2O3. The fourth-order valence-corrected chi connectivity index (χ4v) is 3.37. The Kier molecular flexibility index (Phi) is 3.87. The van der Waals surface area contributed by atoms with Crippen LogP contribution in [-0.4, -0.2) is 30.7 Å². The van der Waals surface area contributed by atoms with Crippen molar-refractivity contribution in [3.8, 4) is 0 Å². The Labute approximate surface area is 118 Å². The zero-order valence-electron chi connectivity index (χ0n) is 11.5. The molecule has 2 heterocycles. The summed E-state index contributed by atoms with van der Waals surface area (Å²) in [5.41, 5.74) is 0.964. The van der Waals surface area contributed by atoms with Crippen LogP contribution >= 0.6 is 0 Å². The van der Waals surface area contributed by atoms with Crippen LogP contribution in [0.2, 0.25) is 0 Å². The van der Waals surface area contributed by atoms with E-state index in [2.05, 4.69) is 4.90 Å². The van der Waals surface area contributed by atoms with Crippen LogP contribution < -0.4 is 4.90 Å². The van der Waals surface area contributed by atoms with Crippen molar-refractivity contribution >= 4 is 11.4 Å². The van der Waals surface area contributed by atoms with E-state index >= 15 is 0 Å². The average Bonchev–Trinajstić information content (AvgIpc) is 3.02. The van der Waals surface area contributed by atoms with Gasteiger partial charge in [0.15, 0.2) is 0 Å². The SMILES string of the molecule is O=[N+]([O-])c1ccccc1N1CCC(C2CCCO2)CC1. The summed E-state index contributed by atoms with van der Waals surface area (Å²) in [4.78, 5) is 12.9. The van der Waals surface area contributed by atoms with E-state index < -0.39 is 0 Å². The first-order valence-corrected chi connectivity index (χ1v) is 7.35. The number of hydrogen-bond donors (Lipinski definition) is 0. The van der Waals surface area contributed by atoms with Gasteiger partial charge in [0, 0.05) is 25.8 Å². The molecule has 0 bridgehead atoms. The van der Waals surface area contributed by atoms with Crippen molar-refractivity contribution in [2.75, 3.05) is 24.6 Å². The van der Waals surface area contributed by atoms with Crippen molar-refractivity contribution in [3.05, 3.63) is 34.4 Å². The fourth-order valence-electron chi connectivity index (χ4n) is 3.37. The van der Waals surface area contributed by atoms with Gasteiger partial charge >= 0.3 is 0 Å². The molecule has 1 atom stereocenters. The second kappa shape index (κ2) is 5.79. The molecule has 1 unspecified atom stereocenters. The summed E-state index contributed by atoms with van der Waals surface area (Å²) >= 11 is 0. The Morgan fingerprint density at radius 3 is 2.60 bits per heavy atom. The van der Waals surface area contributed by atoms with Crippen LogP contribution in [0.5, 0.6) is 0 Å². The lowest BCUT2D eigenvalue weighted by Gasteiger charge is -2.35. The van der Waals surface area contributed by atoms with Gasteiger partial charge in [-0.25, -0.2) is 0 Å². The highest BCUT2D eigenvalue weighted by Crippen LogP contribution is 2.34. The Morgan fingerprint density at radius 2 is 1.95 bits per heavy atom. The molecule has 0 amide bonds. The van der Waals surface area contributed by atoms with Gasteiger partial charge in [-0.15, -0.1) is 0 Å². The molecule has 5 heteroatoms. The predicted molar refractivity (Wildman–Crippen MR) is 77.0 cm³/mol. The van der Waals surface area contributed by atoms with Crippen LogP contribution in [0.3, 0.4) is 0 Å². The van der Waals surface area contributed by atoms with Crippen molar-refractivity contribution in [2.24, 2.45) is 5.92 Å². The van der Waals surface area contributed by atoms with Gasteiger partial charge < -0.3 is 9.64 Å². The number of rotatable bonds is 3. The summed E-state index contributed by atoms with van der Waals surface area (Å²) in [6.45, 7) is 2.67. The van der Waals surface area contributed by atoms with Crippen molar-refractivity contribution in [2.45, 2.75) is 31.8 Å². The molecule has 20 heavy (non-hydrogen) atoms. The van der Waals surface area contributed by atoms with E-state index in [1.807, 2.05) is 12.1 Å². The maximum atomic E-state index is 11.1. The molecule has 2 aliphatic heterocycles. The molecule has 0 saturated carbocycles. The van der Waals surface area contributed by atoms with E-state index in [0.29, 0.717) is 12.0 Å². The smallest absolute Gasteiger partial charge is 0.292 e. The molecule has 0 N–H and O–H groups in total. The Hall–Kier alpha value is -1.62. The first-order valence-electron chi connectivity index (χ1n) is 7.35. The maximum Gasteiger partial charge on any atom is 0.292 e. The summed E-state index contributed by atoms with van der Waals surface area (Å²) in [5.74, 6) is 0.622. The minimum absolute atomic E-state index is 0.211. The van der Waals surface area contributed by atoms with E-state index in [0.717, 1.165) is 38.2 Å². The molecule has 0 aliphatic carbocycles. The van der Waals surface area contributed by atoms with Crippen LogP contribution in [-0.2, 0) is 4.74 Å². The number of para-hydroxylation sites is 2. The van der Waals surface area contributed by atoms with E-state index in [1.165, 1.54) is 12.8 Å². The average molecular weight is 276 g/mol. The number of nitro groups is 1. The first-order chi connectivity index (χ1) is 9.75. The van der Waals surface area contributed by atoms with Crippen LogP contribution in [0, 0.1) is 16.0 Å². The third-order valence-electron chi connectivity index (χ3n) is 4.45. The zero-order chi connectivity index (χ0) is 13.9. The van der Waals surface area contributed by atoms with E-state index in [4.69, 9.17) is 4.74 Å². The van der Waals surface area contributed by atoms with Crippen molar-refractivity contribution in [1.82, 2.24) is 0 Å². The molecule has 1 aromatic rings. The minimum Gasteiger partial charge on any atom is -0.378 e. The number of piperidine rings is 1.